The molecule has 0 fully saturated rings. The molecule has 1 aliphatic heterocycles. The number of benzene rings is 11. The molecule has 0 amide bonds. The molecule has 1 aliphatic carbocycles. The summed E-state index contributed by atoms with van der Waals surface area (Å²) in [7, 11) is 0. The van der Waals surface area contributed by atoms with Crippen LogP contribution in [0.25, 0.3) is 70.9 Å². The van der Waals surface area contributed by atoms with Crippen LogP contribution in [-0.4, -0.2) is 4.57 Å². The zero-order valence-corrected chi connectivity index (χ0v) is 34.7. The van der Waals surface area contributed by atoms with Crippen molar-refractivity contribution in [3.63, 3.8) is 0 Å². The van der Waals surface area contributed by atoms with Gasteiger partial charge in [0.1, 0.15) is 11.5 Å². The average Bonchev–Trinajstić information content (AvgIpc) is 3.69. The SMILES string of the molecule is c1ccc2c(c1)Oc1ccccc1C21c2cc(N(c3ccc4ccccc4c3)c3ccc4c(c3)c3ccccc3n4-c3ccc4ccccc4c3)ccc2-c2cccc3cccc1c23. The summed E-state index contributed by atoms with van der Waals surface area (Å²) in [5.41, 5.74) is 13.4. The van der Waals surface area contributed by atoms with Crippen molar-refractivity contribution in [1.29, 1.82) is 0 Å². The Morgan fingerprint density at radius 2 is 0.906 bits per heavy atom. The van der Waals surface area contributed by atoms with E-state index in [2.05, 4.69) is 240 Å². The van der Waals surface area contributed by atoms with E-state index in [1.165, 1.54) is 76.4 Å². The van der Waals surface area contributed by atoms with Crippen molar-refractivity contribution in [1.82, 2.24) is 4.57 Å². The minimum Gasteiger partial charge on any atom is -0.457 e. The molecule has 0 radical (unpaired) electrons. The third-order valence-corrected chi connectivity index (χ3v) is 14.0. The summed E-state index contributed by atoms with van der Waals surface area (Å²) in [6, 6.07) is 84.8. The molecular weight excluding hydrogens is 777 g/mol. The van der Waals surface area contributed by atoms with E-state index in [-0.39, 0.29) is 0 Å². The molecule has 298 valence electrons. The van der Waals surface area contributed by atoms with Gasteiger partial charge in [-0.15, -0.1) is 0 Å². The molecule has 3 nitrogen and oxygen atoms in total. The number of fused-ring (bicyclic) bond motifs is 13. The molecule has 0 unspecified atom stereocenters. The molecule has 0 atom stereocenters. The van der Waals surface area contributed by atoms with Crippen LogP contribution in [0.4, 0.5) is 17.1 Å². The fourth-order valence-electron chi connectivity index (χ4n) is 11.3. The van der Waals surface area contributed by atoms with Gasteiger partial charge < -0.3 is 14.2 Å². The second-order valence-electron chi connectivity index (χ2n) is 17.2. The first-order valence-corrected chi connectivity index (χ1v) is 22.1. The summed E-state index contributed by atoms with van der Waals surface area (Å²) in [5, 5.41) is 9.82. The van der Waals surface area contributed by atoms with Gasteiger partial charge in [0.2, 0.25) is 0 Å². The number of rotatable bonds is 4. The topological polar surface area (TPSA) is 17.4 Å². The highest BCUT2D eigenvalue weighted by Crippen LogP contribution is 2.61. The second-order valence-corrected chi connectivity index (χ2v) is 17.2. The third kappa shape index (κ3) is 4.86. The number of anilines is 3. The summed E-state index contributed by atoms with van der Waals surface area (Å²) in [4.78, 5) is 2.46. The van der Waals surface area contributed by atoms with Gasteiger partial charge in [-0.3, -0.25) is 0 Å². The number of hydrogen-bond donors (Lipinski definition) is 0. The molecule has 0 saturated heterocycles. The van der Waals surface area contributed by atoms with Crippen LogP contribution in [0.2, 0.25) is 0 Å². The number of hydrogen-bond acceptors (Lipinski definition) is 2. The molecule has 64 heavy (non-hydrogen) atoms. The van der Waals surface area contributed by atoms with Crippen LogP contribution >= 0.6 is 0 Å². The highest BCUT2D eigenvalue weighted by molar-refractivity contribution is 6.11. The first kappa shape index (κ1) is 35.2. The van der Waals surface area contributed by atoms with Gasteiger partial charge in [-0.2, -0.15) is 0 Å². The summed E-state index contributed by atoms with van der Waals surface area (Å²) in [6.07, 6.45) is 0. The maximum Gasteiger partial charge on any atom is 0.132 e. The largest absolute Gasteiger partial charge is 0.457 e. The molecule has 2 heterocycles. The molecule has 1 spiro atoms. The number of nitrogens with zero attached hydrogens (tertiary/aromatic N) is 2. The molecule has 12 aromatic rings. The Hall–Kier alpha value is -8.40. The van der Waals surface area contributed by atoms with E-state index < -0.39 is 5.41 Å². The Kier molecular flexibility index (Phi) is 7.32. The van der Waals surface area contributed by atoms with Crippen molar-refractivity contribution < 1.29 is 4.74 Å². The lowest BCUT2D eigenvalue weighted by Gasteiger charge is -2.45. The Labute approximate surface area is 370 Å². The van der Waals surface area contributed by atoms with Gasteiger partial charge in [0.15, 0.2) is 0 Å². The molecule has 0 N–H and O–H groups in total. The van der Waals surface area contributed by atoms with Gasteiger partial charge in [-0.1, -0.05) is 158 Å². The lowest BCUT2D eigenvalue weighted by Crippen LogP contribution is -2.36. The van der Waals surface area contributed by atoms with E-state index in [9.17, 15) is 0 Å². The first-order chi connectivity index (χ1) is 31.7. The molecule has 0 bridgehead atoms. The zero-order valence-electron chi connectivity index (χ0n) is 34.7. The Morgan fingerprint density at radius 3 is 1.70 bits per heavy atom. The Morgan fingerprint density at radius 1 is 0.344 bits per heavy atom. The van der Waals surface area contributed by atoms with Crippen LogP contribution < -0.4 is 9.64 Å². The van der Waals surface area contributed by atoms with Crippen molar-refractivity contribution in [3.8, 4) is 28.3 Å². The quantitative estimate of drug-likeness (QED) is 0.176. The van der Waals surface area contributed by atoms with E-state index in [0.717, 1.165) is 45.4 Å². The number of ether oxygens (including phenoxy) is 1. The molecule has 2 aliphatic rings. The molecule has 0 saturated carbocycles. The molecule has 1 aromatic heterocycles. The zero-order chi connectivity index (χ0) is 41.9. The van der Waals surface area contributed by atoms with Crippen molar-refractivity contribution in [3.05, 3.63) is 253 Å². The van der Waals surface area contributed by atoms with Crippen molar-refractivity contribution in [2.45, 2.75) is 5.41 Å². The van der Waals surface area contributed by atoms with Gasteiger partial charge in [0.05, 0.1) is 16.4 Å². The van der Waals surface area contributed by atoms with Crippen LogP contribution in [0, 0.1) is 0 Å². The van der Waals surface area contributed by atoms with Crippen LogP contribution in [0.5, 0.6) is 11.5 Å². The number of para-hydroxylation sites is 3. The monoisotopic (exact) mass is 814 g/mol. The van der Waals surface area contributed by atoms with Gasteiger partial charge in [0, 0.05) is 44.6 Å². The molecular formula is C61H38N2O. The summed E-state index contributed by atoms with van der Waals surface area (Å²) in [5.74, 6) is 1.77. The maximum absolute atomic E-state index is 6.78. The smallest absolute Gasteiger partial charge is 0.132 e. The van der Waals surface area contributed by atoms with Crippen LogP contribution in [-0.2, 0) is 5.41 Å². The first-order valence-electron chi connectivity index (χ1n) is 22.1. The van der Waals surface area contributed by atoms with Crippen molar-refractivity contribution >= 4 is 71.2 Å². The van der Waals surface area contributed by atoms with Crippen LogP contribution in [0.3, 0.4) is 0 Å². The van der Waals surface area contributed by atoms with E-state index in [1.54, 1.807) is 0 Å². The van der Waals surface area contributed by atoms with Crippen molar-refractivity contribution in [2.75, 3.05) is 4.90 Å². The third-order valence-electron chi connectivity index (χ3n) is 14.0. The standard InChI is InChI=1S/C61H38N2O/c1-3-15-42-35-44(29-27-39(42)13-1)62(46-32-34-57-51(37-46)49-19-5-8-24-56(49)63(57)45-30-28-40-14-2-4-16-43(40)36-45)47-31-33-48-50-20-11-17-41-18-12-23-54(60(41)50)61(55(48)38-47)52-21-6-9-25-58(52)64-59-26-10-7-22-53(59)61/h1-38H. The van der Waals surface area contributed by atoms with Gasteiger partial charge in [-0.25, -0.2) is 0 Å². The van der Waals surface area contributed by atoms with E-state index in [1.807, 2.05) is 0 Å². The predicted octanol–water partition coefficient (Wildman–Crippen LogP) is 16.2. The molecule has 11 aromatic carbocycles. The minimum absolute atomic E-state index is 0.656. The van der Waals surface area contributed by atoms with Gasteiger partial charge in [0.25, 0.3) is 0 Å². The van der Waals surface area contributed by atoms with Crippen LogP contribution in [0.15, 0.2) is 231 Å². The minimum atomic E-state index is -0.656. The highest BCUT2D eigenvalue weighted by Gasteiger charge is 2.49. The molecule has 3 heteroatoms. The van der Waals surface area contributed by atoms with E-state index >= 15 is 0 Å². The number of aromatic nitrogens is 1. The van der Waals surface area contributed by atoms with E-state index in [0.29, 0.717) is 0 Å². The summed E-state index contributed by atoms with van der Waals surface area (Å²) in [6.45, 7) is 0. The fraction of sp³-hybridized carbons (Fsp3) is 0.0164. The van der Waals surface area contributed by atoms with Gasteiger partial charge >= 0.3 is 0 Å². The lowest BCUT2D eigenvalue weighted by atomic mass is 9.58. The normalized spacial score (nSPS) is 13.2. The summed E-state index contributed by atoms with van der Waals surface area (Å²) >= 11 is 0. The fourth-order valence-corrected chi connectivity index (χ4v) is 11.3. The summed E-state index contributed by atoms with van der Waals surface area (Å²) < 4.78 is 9.20. The van der Waals surface area contributed by atoms with Crippen LogP contribution in [0.1, 0.15) is 22.3 Å². The Balaban J connectivity index is 1.06. The molecule has 14 rings (SSSR count). The maximum atomic E-state index is 6.78. The highest BCUT2D eigenvalue weighted by atomic mass is 16.5. The Bertz CT molecular complexity index is 3860. The second kappa shape index (κ2) is 13.3. The predicted molar refractivity (Wildman–Crippen MR) is 265 cm³/mol. The lowest BCUT2D eigenvalue weighted by molar-refractivity contribution is 0.435. The average molecular weight is 815 g/mol. The van der Waals surface area contributed by atoms with E-state index in [4.69, 9.17) is 4.74 Å². The van der Waals surface area contributed by atoms with Crippen molar-refractivity contribution in [2.24, 2.45) is 0 Å². The van der Waals surface area contributed by atoms with Gasteiger partial charge in [-0.05, 0) is 127 Å².